The molecule has 0 bridgehead atoms. The van der Waals surface area contributed by atoms with E-state index >= 15 is 0 Å². The molecule has 2 unspecified atom stereocenters. The third kappa shape index (κ3) is 63.3. The van der Waals surface area contributed by atoms with Crippen LogP contribution in [-0.2, 0) is 14.3 Å². The van der Waals surface area contributed by atoms with E-state index in [0.717, 1.165) is 44.9 Å². The molecular formula is C72H137NO5. The number of rotatable bonds is 66. The Hall–Kier alpha value is -1.92. The zero-order chi connectivity index (χ0) is 56.4. The van der Waals surface area contributed by atoms with Crippen molar-refractivity contribution in [1.82, 2.24) is 5.32 Å². The van der Waals surface area contributed by atoms with Crippen molar-refractivity contribution in [1.29, 1.82) is 0 Å². The SMILES string of the molecule is CCCCCC/C=C\CCCCCCCC(=O)OCCCCCCCCCCCCCC/C=C\CCCCCCCCCCCCCCCC(=O)NC(CO)C(O)/C=C/CCCCCCCCCCCCCCCCCCC. The van der Waals surface area contributed by atoms with E-state index in [1.165, 1.54) is 315 Å². The van der Waals surface area contributed by atoms with Gasteiger partial charge in [-0.15, -0.1) is 0 Å². The normalized spacial score (nSPS) is 12.7. The van der Waals surface area contributed by atoms with Crippen molar-refractivity contribution in [3.05, 3.63) is 36.5 Å². The largest absolute Gasteiger partial charge is 0.466 e. The molecule has 3 N–H and O–H groups in total. The highest BCUT2D eigenvalue weighted by atomic mass is 16.5. The second kappa shape index (κ2) is 67.6. The molecule has 0 aromatic heterocycles. The lowest BCUT2D eigenvalue weighted by molar-refractivity contribution is -0.143. The molecule has 460 valence electrons. The summed E-state index contributed by atoms with van der Waals surface area (Å²) in [7, 11) is 0. The number of carbonyl (C=O) groups excluding carboxylic acids is 2. The Bertz CT molecular complexity index is 1260. The minimum Gasteiger partial charge on any atom is -0.466 e. The van der Waals surface area contributed by atoms with E-state index < -0.39 is 12.1 Å². The van der Waals surface area contributed by atoms with Gasteiger partial charge < -0.3 is 20.3 Å². The van der Waals surface area contributed by atoms with E-state index in [1.54, 1.807) is 6.08 Å². The average molecular weight is 1100 g/mol. The van der Waals surface area contributed by atoms with E-state index in [2.05, 4.69) is 43.5 Å². The summed E-state index contributed by atoms with van der Waals surface area (Å²) in [5, 5.41) is 23.2. The number of hydrogen-bond donors (Lipinski definition) is 3. The molecule has 0 aliphatic rings. The van der Waals surface area contributed by atoms with Crippen LogP contribution in [0.15, 0.2) is 36.5 Å². The van der Waals surface area contributed by atoms with Crippen LogP contribution in [0.3, 0.4) is 0 Å². The summed E-state index contributed by atoms with van der Waals surface area (Å²) in [6.07, 6.45) is 86.5. The molecule has 0 rings (SSSR count). The number of ether oxygens (including phenoxy) is 1. The van der Waals surface area contributed by atoms with Crippen molar-refractivity contribution >= 4 is 11.9 Å². The zero-order valence-electron chi connectivity index (χ0n) is 52.7. The highest BCUT2D eigenvalue weighted by Crippen LogP contribution is 2.18. The second-order valence-corrected chi connectivity index (χ2v) is 24.2. The van der Waals surface area contributed by atoms with E-state index in [0.29, 0.717) is 19.4 Å². The van der Waals surface area contributed by atoms with Gasteiger partial charge in [0.1, 0.15) is 0 Å². The fraction of sp³-hybridized carbons (Fsp3) is 0.889. The van der Waals surface area contributed by atoms with Crippen molar-refractivity contribution in [2.75, 3.05) is 13.2 Å². The lowest BCUT2D eigenvalue weighted by Crippen LogP contribution is -2.45. The third-order valence-electron chi connectivity index (χ3n) is 16.4. The number of hydrogen-bond acceptors (Lipinski definition) is 5. The Balaban J connectivity index is 3.40. The van der Waals surface area contributed by atoms with Crippen LogP contribution < -0.4 is 5.32 Å². The van der Waals surface area contributed by atoms with Crippen LogP contribution in [0.25, 0.3) is 0 Å². The maximum Gasteiger partial charge on any atom is 0.305 e. The number of allylic oxidation sites excluding steroid dienone is 5. The fourth-order valence-corrected chi connectivity index (χ4v) is 11.0. The molecule has 0 aromatic carbocycles. The lowest BCUT2D eigenvalue weighted by atomic mass is 10.0. The first kappa shape index (κ1) is 76.1. The van der Waals surface area contributed by atoms with Gasteiger partial charge in [-0.1, -0.05) is 326 Å². The van der Waals surface area contributed by atoms with E-state index in [-0.39, 0.29) is 18.5 Å². The number of carbonyl (C=O) groups is 2. The molecule has 0 heterocycles. The predicted octanol–water partition coefficient (Wildman–Crippen LogP) is 22.7. The Morgan fingerprint density at radius 1 is 0.346 bits per heavy atom. The Kier molecular flexibility index (Phi) is 65.9. The standard InChI is InChI=1S/C72H137NO5/c1-3-5-7-9-11-13-15-17-18-19-31-34-37-41-44-48-52-56-60-64-70(75)69(68-74)73-71(76)65-61-57-53-49-45-42-38-35-32-29-27-25-23-21-20-22-24-26-28-30-33-36-39-43-47-51-55-59-63-67-78-72(77)66-62-58-54-50-46-40-16-14-12-10-8-6-4-2/h14,16,20,22,60,64,69-70,74-75H,3-13,15,17-19,21,23-59,61-63,65-68H2,1-2H3,(H,73,76)/b16-14-,22-20-,64-60+. The highest BCUT2D eigenvalue weighted by Gasteiger charge is 2.18. The number of amides is 1. The van der Waals surface area contributed by atoms with Gasteiger partial charge >= 0.3 is 5.97 Å². The van der Waals surface area contributed by atoms with Crippen molar-refractivity contribution < 1.29 is 24.5 Å². The maximum atomic E-state index is 12.5. The van der Waals surface area contributed by atoms with E-state index in [1.807, 2.05) is 6.08 Å². The maximum absolute atomic E-state index is 12.5. The molecule has 0 spiro atoms. The second-order valence-electron chi connectivity index (χ2n) is 24.2. The van der Waals surface area contributed by atoms with Crippen molar-refractivity contribution in [3.8, 4) is 0 Å². The van der Waals surface area contributed by atoms with Gasteiger partial charge in [-0.05, 0) is 83.5 Å². The monoisotopic (exact) mass is 1100 g/mol. The van der Waals surface area contributed by atoms with Crippen LogP contribution in [0, 0.1) is 0 Å². The van der Waals surface area contributed by atoms with Gasteiger partial charge in [0.15, 0.2) is 0 Å². The molecule has 6 heteroatoms. The molecule has 0 saturated carbocycles. The van der Waals surface area contributed by atoms with Gasteiger partial charge in [-0.3, -0.25) is 9.59 Å². The highest BCUT2D eigenvalue weighted by molar-refractivity contribution is 5.76. The van der Waals surface area contributed by atoms with Gasteiger partial charge in [0.25, 0.3) is 0 Å². The van der Waals surface area contributed by atoms with Crippen LogP contribution in [0.2, 0.25) is 0 Å². The minimum absolute atomic E-state index is 0.00720. The van der Waals surface area contributed by atoms with E-state index in [4.69, 9.17) is 4.74 Å². The van der Waals surface area contributed by atoms with Gasteiger partial charge in [0, 0.05) is 12.8 Å². The Morgan fingerprint density at radius 3 is 0.923 bits per heavy atom. The van der Waals surface area contributed by atoms with Crippen LogP contribution in [0.4, 0.5) is 0 Å². The van der Waals surface area contributed by atoms with Crippen LogP contribution in [0.5, 0.6) is 0 Å². The zero-order valence-corrected chi connectivity index (χ0v) is 52.7. The number of aliphatic hydroxyl groups is 2. The van der Waals surface area contributed by atoms with Gasteiger partial charge in [-0.25, -0.2) is 0 Å². The van der Waals surface area contributed by atoms with Gasteiger partial charge in [0.2, 0.25) is 5.91 Å². The smallest absolute Gasteiger partial charge is 0.305 e. The molecule has 6 nitrogen and oxygen atoms in total. The molecular weight excluding hydrogens is 959 g/mol. The van der Waals surface area contributed by atoms with E-state index in [9.17, 15) is 19.8 Å². The minimum atomic E-state index is -0.845. The van der Waals surface area contributed by atoms with Crippen LogP contribution >= 0.6 is 0 Å². The number of nitrogens with one attached hydrogen (secondary N) is 1. The summed E-state index contributed by atoms with van der Waals surface area (Å²) in [6, 6.07) is -0.628. The first-order valence-electron chi connectivity index (χ1n) is 35.3. The first-order valence-corrected chi connectivity index (χ1v) is 35.3. The molecule has 0 aromatic rings. The Labute approximate surface area is 487 Å². The van der Waals surface area contributed by atoms with Crippen molar-refractivity contribution in [2.24, 2.45) is 0 Å². The summed E-state index contributed by atoms with van der Waals surface area (Å²) in [5.74, 6) is -0.0568. The fourth-order valence-electron chi connectivity index (χ4n) is 11.0. The topological polar surface area (TPSA) is 95.9 Å². The molecule has 2 atom stereocenters. The quantitative estimate of drug-likeness (QED) is 0.0320. The predicted molar refractivity (Wildman–Crippen MR) is 343 cm³/mol. The van der Waals surface area contributed by atoms with Crippen molar-refractivity contribution in [2.45, 2.75) is 398 Å². The molecule has 0 radical (unpaired) electrons. The molecule has 0 aliphatic heterocycles. The Morgan fingerprint density at radius 2 is 0.603 bits per heavy atom. The average Bonchev–Trinajstić information content (AvgIpc) is 3.44. The molecule has 0 saturated heterocycles. The van der Waals surface area contributed by atoms with Crippen LogP contribution in [-0.4, -0.2) is 47.4 Å². The number of aliphatic hydroxyl groups excluding tert-OH is 2. The van der Waals surface area contributed by atoms with Gasteiger partial charge in [0.05, 0.1) is 25.4 Å². The summed E-state index contributed by atoms with van der Waals surface area (Å²) >= 11 is 0. The molecule has 1 amide bonds. The van der Waals surface area contributed by atoms with Gasteiger partial charge in [-0.2, -0.15) is 0 Å². The van der Waals surface area contributed by atoms with Crippen LogP contribution in [0.1, 0.15) is 386 Å². The summed E-state index contributed by atoms with van der Waals surface area (Å²) in [6.45, 7) is 4.92. The lowest BCUT2D eigenvalue weighted by Gasteiger charge is -2.20. The summed E-state index contributed by atoms with van der Waals surface area (Å²) in [4.78, 5) is 24.6. The number of esters is 1. The molecule has 0 fully saturated rings. The molecule has 78 heavy (non-hydrogen) atoms. The molecule has 0 aliphatic carbocycles. The third-order valence-corrected chi connectivity index (χ3v) is 16.4. The number of unbranched alkanes of at least 4 members (excludes halogenated alkanes) is 51. The first-order chi connectivity index (χ1) is 38.5. The summed E-state index contributed by atoms with van der Waals surface area (Å²) in [5.41, 5.74) is 0. The van der Waals surface area contributed by atoms with Crippen molar-refractivity contribution in [3.63, 3.8) is 0 Å². The summed E-state index contributed by atoms with van der Waals surface area (Å²) < 4.78 is 5.48.